The molecule has 4 nitrogen and oxygen atoms in total. The van der Waals surface area contributed by atoms with E-state index in [0.717, 1.165) is 31.8 Å². The Morgan fingerprint density at radius 2 is 1.92 bits per heavy atom. The van der Waals surface area contributed by atoms with E-state index in [1.54, 1.807) is 23.5 Å². The number of nitriles is 1. The zero-order valence-electron chi connectivity index (χ0n) is 14.5. The van der Waals surface area contributed by atoms with Crippen LogP contribution in [0.1, 0.15) is 25.0 Å². The normalized spacial score (nSPS) is 12.2. The van der Waals surface area contributed by atoms with Crippen molar-refractivity contribution in [2.24, 2.45) is 10.1 Å². The molecule has 0 unspecified atom stereocenters. The lowest BCUT2D eigenvalue weighted by Gasteiger charge is -2.08. The van der Waals surface area contributed by atoms with Crippen molar-refractivity contribution in [2.75, 3.05) is 6.54 Å². The highest BCUT2D eigenvalue weighted by Gasteiger charge is 2.11. The Labute approximate surface area is 164 Å². The summed E-state index contributed by atoms with van der Waals surface area (Å²) in [6.45, 7) is 4.67. The van der Waals surface area contributed by atoms with Gasteiger partial charge in [0.1, 0.15) is 0 Å². The van der Waals surface area contributed by atoms with E-state index in [-0.39, 0.29) is 0 Å². The predicted molar refractivity (Wildman–Crippen MR) is 110 cm³/mol. The van der Waals surface area contributed by atoms with E-state index in [9.17, 15) is 0 Å². The molecule has 0 fully saturated rings. The molecule has 0 N–H and O–H groups in total. The first-order valence-corrected chi connectivity index (χ1v) is 9.83. The second-order valence-corrected chi connectivity index (χ2v) is 7.23. The van der Waals surface area contributed by atoms with Crippen LogP contribution in [-0.2, 0) is 0 Å². The highest BCUT2D eigenvalue weighted by atomic mass is 79.9. The standard InChI is InChI=1S/C20H17BrN4S/c1-3-23-20-25(19(13-26-20)17-6-4-5-7-18(17)21)24-14(2)16-10-8-15(12-22)9-11-16/h4-11,13H,3H2,1-2H3. The van der Waals surface area contributed by atoms with Gasteiger partial charge in [0.05, 0.1) is 23.0 Å². The Morgan fingerprint density at radius 3 is 2.58 bits per heavy atom. The highest BCUT2D eigenvalue weighted by molar-refractivity contribution is 9.10. The largest absolute Gasteiger partial charge is 0.258 e. The van der Waals surface area contributed by atoms with Gasteiger partial charge in [-0.05, 0) is 37.6 Å². The molecule has 0 atom stereocenters. The van der Waals surface area contributed by atoms with Gasteiger partial charge in [0.25, 0.3) is 0 Å². The van der Waals surface area contributed by atoms with Gasteiger partial charge in [0.15, 0.2) is 0 Å². The molecule has 0 aliphatic rings. The van der Waals surface area contributed by atoms with Crippen LogP contribution >= 0.6 is 27.3 Å². The van der Waals surface area contributed by atoms with E-state index in [1.165, 1.54) is 0 Å². The molecule has 0 amide bonds. The van der Waals surface area contributed by atoms with Crippen molar-refractivity contribution in [2.45, 2.75) is 13.8 Å². The van der Waals surface area contributed by atoms with E-state index in [2.05, 4.69) is 38.4 Å². The first-order valence-electron chi connectivity index (χ1n) is 8.16. The summed E-state index contributed by atoms with van der Waals surface area (Å²) in [7, 11) is 0. The average molecular weight is 425 g/mol. The molecule has 0 saturated carbocycles. The van der Waals surface area contributed by atoms with Crippen molar-refractivity contribution in [3.8, 4) is 17.3 Å². The highest BCUT2D eigenvalue weighted by Crippen LogP contribution is 2.28. The van der Waals surface area contributed by atoms with Gasteiger partial charge >= 0.3 is 0 Å². The maximum Gasteiger partial charge on any atom is 0.206 e. The molecule has 6 heteroatoms. The lowest BCUT2D eigenvalue weighted by atomic mass is 10.1. The molecular weight excluding hydrogens is 408 g/mol. The van der Waals surface area contributed by atoms with Crippen LogP contribution < -0.4 is 4.80 Å². The van der Waals surface area contributed by atoms with Crippen molar-refractivity contribution in [1.29, 1.82) is 5.26 Å². The predicted octanol–water partition coefficient (Wildman–Crippen LogP) is 5.04. The van der Waals surface area contributed by atoms with E-state index >= 15 is 0 Å². The van der Waals surface area contributed by atoms with Crippen molar-refractivity contribution in [1.82, 2.24) is 4.68 Å². The topological polar surface area (TPSA) is 53.4 Å². The Kier molecular flexibility index (Phi) is 5.82. The molecule has 0 aliphatic carbocycles. The molecule has 0 bridgehead atoms. The maximum atomic E-state index is 8.96. The van der Waals surface area contributed by atoms with Gasteiger partial charge in [-0.15, -0.1) is 11.3 Å². The summed E-state index contributed by atoms with van der Waals surface area (Å²) < 4.78 is 2.91. The second kappa shape index (κ2) is 8.26. The molecule has 3 aromatic rings. The molecule has 1 heterocycles. The minimum Gasteiger partial charge on any atom is -0.258 e. The van der Waals surface area contributed by atoms with Crippen LogP contribution in [-0.4, -0.2) is 16.9 Å². The summed E-state index contributed by atoms with van der Waals surface area (Å²) in [5, 5.41) is 15.9. The van der Waals surface area contributed by atoms with E-state index in [1.807, 2.05) is 48.9 Å². The van der Waals surface area contributed by atoms with Gasteiger partial charge in [0.2, 0.25) is 4.80 Å². The third-order valence-electron chi connectivity index (χ3n) is 3.81. The molecule has 0 aliphatic heterocycles. The Hall–Kier alpha value is -2.49. The van der Waals surface area contributed by atoms with Crippen LogP contribution in [0, 0.1) is 11.3 Å². The molecular formula is C20H17BrN4S. The first kappa shape index (κ1) is 18.3. The van der Waals surface area contributed by atoms with Crippen LogP contribution in [0.25, 0.3) is 11.3 Å². The van der Waals surface area contributed by atoms with E-state index in [0.29, 0.717) is 12.1 Å². The first-order chi connectivity index (χ1) is 12.6. The van der Waals surface area contributed by atoms with Gasteiger partial charge in [-0.1, -0.05) is 46.3 Å². The molecule has 26 heavy (non-hydrogen) atoms. The lowest BCUT2D eigenvalue weighted by Crippen LogP contribution is -2.14. The fourth-order valence-electron chi connectivity index (χ4n) is 2.49. The van der Waals surface area contributed by atoms with Crippen molar-refractivity contribution >= 4 is 33.0 Å². The van der Waals surface area contributed by atoms with Crippen molar-refractivity contribution in [3.63, 3.8) is 0 Å². The number of benzene rings is 2. The molecule has 1 aromatic heterocycles. The van der Waals surface area contributed by atoms with Crippen LogP contribution in [0.5, 0.6) is 0 Å². The zero-order chi connectivity index (χ0) is 18.5. The minimum atomic E-state index is 0.639. The number of nitrogens with zero attached hydrogens (tertiary/aromatic N) is 4. The van der Waals surface area contributed by atoms with Crippen LogP contribution in [0.3, 0.4) is 0 Å². The number of aromatic nitrogens is 1. The van der Waals surface area contributed by atoms with Crippen molar-refractivity contribution in [3.05, 3.63) is 74.3 Å². The molecule has 3 rings (SSSR count). The SMILES string of the molecule is CCN=c1scc(-c2ccccc2Br)n1N=C(C)c1ccc(C#N)cc1. The van der Waals surface area contributed by atoms with Gasteiger partial charge in [-0.2, -0.15) is 10.4 Å². The molecule has 2 aromatic carbocycles. The molecule has 0 spiro atoms. The smallest absolute Gasteiger partial charge is 0.206 e. The summed E-state index contributed by atoms with van der Waals surface area (Å²) in [6.07, 6.45) is 0. The van der Waals surface area contributed by atoms with E-state index in [4.69, 9.17) is 10.4 Å². The van der Waals surface area contributed by atoms with Crippen LogP contribution in [0.2, 0.25) is 0 Å². The maximum absolute atomic E-state index is 8.96. The van der Waals surface area contributed by atoms with Gasteiger partial charge in [-0.25, -0.2) is 4.68 Å². The quantitative estimate of drug-likeness (QED) is 0.540. The number of hydrogen-bond donors (Lipinski definition) is 0. The minimum absolute atomic E-state index is 0.639. The fourth-order valence-corrected chi connectivity index (χ4v) is 3.86. The molecule has 0 saturated heterocycles. The Morgan fingerprint density at radius 1 is 1.19 bits per heavy atom. The molecule has 130 valence electrons. The lowest BCUT2D eigenvalue weighted by molar-refractivity contribution is 0.827. The summed E-state index contributed by atoms with van der Waals surface area (Å²) in [4.78, 5) is 5.43. The summed E-state index contributed by atoms with van der Waals surface area (Å²) >= 11 is 5.20. The van der Waals surface area contributed by atoms with Gasteiger partial charge in [0, 0.05) is 22.0 Å². The third-order valence-corrected chi connectivity index (χ3v) is 5.36. The van der Waals surface area contributed by atoms with Crippen LogP contribution in [0.15, 0.2) is 68.5 Å². The fraction of sp³-hybridized carbons (Fsp3) is 0.150. The van der Waals surface area contributed by atoms with E-state index < -0.39 is 0 Å². The number of halogens is 1. The third kappa shape index (κ3) is 3.85. The zero-order valence-corrected chi connectivity index (χ0v) is 16.9. The average Bonchev–Trinajstić information content (AvgIpc) is 3.05. The number of rotatable bonds is 4. The summed E-state index contributed by atoms with van der Waals surface area (Å²) in [5.74, 6) is 0. The Balaban J connectivity index is 2.14. The monoisotopic (exact) mass is 424 g/mol. The van der Waals surface area contributed by atoms with Gasteiger partial charge < -0.3 is 0 Å². The summed E-state index contributed by atoms with van der Waals surface area (Å²) in [6, 6.07) is 17.7. The van der Waals surface area contributed by atoms with Gasteiger partial charge in [-0.3, -0.25) is 4.99 Å². The Bertz CT molecular complexity index is 1050. The number of hydrogen-bond acceptors (Lipinski definition) is 4. The number of thiazole rings is 1. The van der Waals surface area contributed by atoms with Crippen molar-refractivity contribution < 1.29 is 0 Å². The summed E-state index contributed by atoms with van der Waals surface area (Å²) in [5.41, 5.74) is 4.53. The second-order valence-electron chi connectivity index (χ2n) is 5.54. The molecule has 0 radical (unpaired) electrons. The van der Waals surface area contributed by atoms with Crippen LogP contribution in [0.4, 0.5) is 0 Å².